The van der Waals surface area contributed by atoms with Gasteiger partial charge in [-0.05, 0) is 6.92 Å². The first-order valence-corrected chi connectivity index (χ1v) is 4.66. The van der Waals surface area contributed by atoms with E-state index in [1.54, 1.807) is 6.92 Å². The van der Waals surface area contributed by atoms with Gasteiger partial charge < -0.3 is 9.47 Å². The third kappa shape index (κ3) is 7.73. The smallest absolute Gasteiger partial charge is 0.267 e. The van der Waals surface area contributed by atoms with Crippen molar-refractivity contribution in [2.45, 2.75) is 13.2 Å². The molecule has 5 nitrogen and oxygen atoms in total. The number of hydrogen-bond donors (Lipinski definition) is 1. The second-order valence-corrected chi connectivity index (χ2v) is 3.53. The molecule has 0 radical (unpaired) electrons. The molecule has 68 valence electrons. The number of rotatable bonds is 5. The van der Waals surface area contributed by atoms with Gasteiger partial charge in [0.25, 0.3) is 10.1 Å². The normalized spacial score (nSPS) is 14.8. The highest BCUT2D eigenvalue weighted by Gasteiger charge is 2.05. The third-order valence-electron chi connectivity index (χ3n) is 1.03. The van der Waals surface area contributed by atoms with E-state index in [2.05, 4.69) is 4.74 Å². The van der Waals surface area contributed by atoms with Crippen LogP contribution in [0.2, 0.25) is 0 Å². The summed E-state index contributed by atoms with van der Waals surface area (Å²) in [6.07, 6.45) is -0.447. The van der Waals surface area contributed by atoms with Crippen LogP contribution in [-0.4, -0.2) is 38.7 Å². The lowest BCUT2D eigenvalue weighted by Crippen LogP contribution is -2.17. The van der Waals surface area contributed by atoms with E-state index in [0.29, 0.717) is 0 Å². The lowest BCUT2D eigenvalue weighted by atomic mass is 10.7. The first-order chi connectivity index (χ1) is 4.95. The molecule has 0 aliphatic carbocycles. The largest absolute Gasteiger partial charge is 0.356 e. The summed E-state index contributed by atoms with van der Waals surface area (Å²) in [5.41, 5.74) is 0. The average Bonchev–Trinajstić information content (AvgIpc) is 1.85. The third-order valence-corrected chi connectivity index (χ3v) is 1.71. The van der Waals surface area contributed by atoms with E-state index >= 15 is 0 Å². The Bertz CT molecular complexity index is 185. The molecule has 0 amide bonds. The van der Waals surface area contributed by atoms with Crippen molar-refractivity contribution in [2.24, 2.45) is 0 Å². The summed E-state index contributed by atoms with van der Waals surface area (Å²) in [6, 6.07) is 0. The van der Waals surface area contributed by atoms with Gasteiger partial charge in [0.2, 0.25) is 0 Å². The molecule has 0 spiro atoms. The van der Waals surface area contributed by atoms with Gasteiger partial charge in [-0.25, -0.2) is 0 Å². The Labute approximate surface area is 66.1 Å². The molecule has 0 aromatic carbocycles. The van der Waals surface area contributed by atoms with Crippen LogP contribution in [0.5, 0.6) is 0 Å². The van der Waals surface area contributed by atoms with Crippen molar-refractivity contribution in [3.05, 3.63) is 0 Å². The van der Waals surface area contributed by atoms with Crippen molar-refractivity contribution in [1.82, 2.24) is 0 Å². The summed E-state index contributed by atoms with van der Waals surface area (Å²) in [5, 5.41) is 0. The monoisotopic (exact) mass is 184 g/mol. The van der Waals surface area contributed by atoms with E-state index in [1.807, 2.05) is 0 Å². The molecule has 1 atom stereocenters. The van der Waals surface area contributed by atoms with Gasteiger partial charge in [-0.15, -0.1) is 0 Å². The topological polar surface area (TPSA) is 72.8 Å². The highest BCUT2D eigenvalue weighted by molar-refractivity contribution is 7.85. The minimum atomic E-state index is -3.91. The van der Waals surface area contributed by atoms with Crippen LogP contribution in [0.25, 0.3) is 0 Å². The van der Waals surface area contributed by atoms with Crippen LogP contribution in [0.1, 0.15) is 6.92 Å². The Hall–Kier alpha value is -0.170. The van der Waals surface area contributed by atoms with Crippen LogP contribution in [0.15, 0.2) is 0 Å². The second kappa shape index (κ2) is 4.66. The minimum absolute atomic E-state index is 0.0617. The molecule has 0 saturated carbocycles. The summed E-state index contributed by atoms with van der Waals surface area (Å²) in [5.74, 6) is -0.402. The van der Waals surface area contributed by atoms with E-state index < -0.39 is 22.2 Å². The fourth-order valence-electron chi connectivity index (χ4n) is 0.387. The molecule has 6 heteroatoms. The van der Waals surface area contributed by atoms with Crippen molar-refractivity contribution < 1.29 is 22.4 Å². The van der Waals surface area contributed by atoms with Gasteiger partial charge >= 0.3 is 0 Å². The first kappa shape index (κ1) is 10.8. The Morgan fingerprint density at radius 3 is 2.45 bits per heavy atom. The average molecular weight is 184 g/mol. The molecule has 0 fully saturated rings. The SMILES string of the molecule is COC(C)OCCS(=O)(=O)O. The number of hydrogen-bond acceptors (Lipinski definition) is 4. The van der Waals surface area contributed by atoms with Crippen molar-refractivity contribution in [2.75, 3.05) is 19.5 Å². The quantitative estimate of drug-likeness (QED) is 0.476. The van der Waals surface area contributed by atoms with Gasteiger partial charge in [-0.3, -0.25) is 4.55 Å². The second-order valence-electron chi connectivity index (χ2n) is 1.96. The molecule has 0 aromatic rings. The van der Waals surface area contributed by atoms with Crippen LogP contribution in [0.3, 0.4) is 0 Å². The van der Waals surface area contributed by atoms with Crippen LogP contribution in [-0.2, 0) is 19.6 Å². The van der Waals surface area contributed by atoms with E-state index in [1.165, 1.54) is 7.11 Å². The van der Waals surface area contributed by atoms with Crippen molar-refractivity contribution in [3.8, 4) is 0 Å². The van der Waals surface area contributed by atoms with E-state index in [9.17, 15) is 8.42 Å². The summed E-state index contributed by atoms with van der Waals surface area (Å²) < 4.78 is 38.0. The Morgan fingerprint density at radius 1 is 1.55 bits per heavy atom. The van der Waals surface area contributed by atoms with Crippen molar-refractivity contribution in [3.63, 3.8) is 0 Å². The number of methoxy groups -OCH3 is 1. The maximum absolute atomic E-state index is 10.1. The highest BCUT2D eigenvalue weighted by atomic mass is 32.2. The molecule has 0 saturated heterocycles. The van der Waals surface area contributed by atoms with Crippen molar-refractivity contribution in [1.29, 1.82) is 0 Å². The fourth-order valence-corrected chi connectivity index (χ4v) is 0.694. The van der Waals surface area contributed by atoms with E-state index in [-0.39, 0.29) is 6.61 Å². The Morgan fingerprint density at radius 2 is 2.09 bits per heavy atom. The zero-order valence-electron chi connectivity index (χ0n) is 6.48. The molecule has 0 aliphatic heterocycles. The van der Waals surface area contributed by atoms with E-state index in [4.69, 9.17) is 9.29 Å². The molecule has 0 heterocycles. The zero-order valence-corrected chi connectivity index (χ0v) is 7.30. The summed E-state index contributed by atoms with van der Waals surface area (Å²) in [6.45, 7) is 1.57. The van der Waals surface area contributed by atoms with Gasteiger partial charge in [0.05, 0.1) is 12.4 Å². The molecule has 0 aromatic heterocycles. The Balaban J connectivity index is 3.43. The lowest BCUT2D eigenvalue weighted by Gasteiger charge is -2.08. The van der Waals surface area contributed by atoms with Gasteiger partial charge in [0, 0.05) is 7.11 Å². The first-order valence-electron chi connectivity index (χ1n) is 3.05. The molecule has 11 heavy (non-hydrogen) atoms. The highest BCUT2D eigenvalue weighted by Crippen LogP contribution is 1.91. The molecular formula is C5H12O5S. The Kier molecular flexibility index (Phi) is 4.58. The number of ether oxygens (including phenoxy) is 2. The van der Waals surface area contributed by atoms with Crippen LogP contribution >= 0.6 is 0 Å². The van der Waals surface area contributed by atoms with Crippen LogP contribution in [0, 0.1) is 0 Å². The molecule has 0 aliphatic rings. The van der Waals surface area contributed by atoms with Crippen LogP contribution in [0.4, 0.5) is 0 Å². The molecule has 0 rings (SSSR count). The summed E-state index contributed by atoms with van der Waals surface area (Å²) in [4.78, 5) is 0. The van der Waals surface area contributed by atoms with Gasteiger partial charge in [-0.1, -0.05) is 0 Å². The molecule has 1 N–H and O–H groups in total. The zero-order chi connectivity index (χ0) is 8.91. The van der Waals surface area contributed by atoms with E-state index in [0.717, 1.165) is 0 Å². The predicted molar refractivity (Wildman–Crippen MR) is 38.8 cm³/mol. The molecule has 1 unspecified atom stereocenters. The van der Waals surface area contributed by atoms with Gasteiger partial charge in [0.15, 0.2) is 6.29 Å². The maximum atomic E-state index is 10.1. The fraction of sp³-hybridized carbons (Fsp3) is 1.00. The van der Waals surface area contributed by atoms with Crippen LogP contribution < -0.4 is 0 Å². The van der Waals surface area contributed by atoms with Crippen molar-refractivity contribution >= 4 is 10.1 Å². The summed E-state index contributed by atoms with van der Waals surface area (Å²) in [7, 11) is -2.47. The van der Waals surface area contributed by atoms with Gasteiger partial charge in [-0.2, -0.15) is 8.42 Å². The minimum Gasteiger partial charge on any atom is -0.356 e. The molecule has 0 bridgehead atoms. The standard InChI is InChI=1S/C5H12O5S/c1-5(9-2)10-3-4-11(6,7)8/h5H,3-4H2,1-2H3,(H,6,7,8). The maximum Gasteiger partial charge on any atom is 0.267 e. The predicted octanol–water partition coefficient (Wildman–Crippen LogP) is -0.117. The summed E-state index contributed by atoms with van der Waals surface area (Å²) >= 11 is 0. The lowest BCUT2D eigenvalue weighted by molar-refractivity contribution is -0.106. The van der Waals surface area contributed by atoms with Gasteiger partial charge in [0.1, 0.15) is 0 Å². The molecular weight excluding hydrogens is 172 g/mol.